The number of esters is 1. The number of anilines is 1. The molecule has 3 amide bonds. The topological polar surface area (TPSA) is 84.0 Å². The number of ether oxygens (including phenoxy) is 1. The van der Waals surface area contributed by atoms with E-state index in [2.05, 4.69) is 0 Å². The van der Waals surface area contributed by atoms with Crippen LogP contribution in [-0.2, 0) is 14.3 Å². The SMILES string of the molecule is C[C@@H](OC(=O)CN1C(=O)c2ccccc2C1=O)C(=O)N(C)c1ccccc1. The van der Waals surface area contributed by atoms with Crippen molar-refractivity contribution in [3.8, 4) is 0 Å². The van der Waals surface area contributed by atoms with Crippen molar-refractivity contribution in [3.63, 3.8) is 0 Å². The molecule has 138 valence electrons. The maximum Gasteiger partial charge on any atom is 0.326 e. The van der Waals surface area contributed by atoms with Crippen molar-refractivity contribution >= 4 is 29.4 Å². The van der Waals surface area contributed by atoms with E-state index in [9.17, 15) is 19.2 Å². The molecule has 7 nitrogen and oxygen atoms in total. The summed E-state index contributed by atoms with van der Waals surface area (Å²) >= 11 is 0. The molecule has 1 aliphatic heterocycles. The first-order chi connectivity index (χ1) is 12.9. The lowest BCUT2D eigenvalue weighted by atomic mass is 10.1. The predicted octanol–water partition coefficient (Wildman–Crippen LogP) is 1.88. The van der Waals surface area contributed by atoms with Crippen LogP contribution in [-0.4, -0.2) is 48.3 Å². The predicted molar refractivity (Wildman–Crippen MR) is 97.2 cm³/mol. The standard InChI is InChI=1S/C20H18N2O5/c1-13(18(24)21(2)14-8-4-3-5-9-14)27-17(23)12-22-19(25)15-10-6-7-11-16(15)20(22)26/h3-11,13H,12H2,1-2H3/t13-/m1/s1. The highest BCUT2D eigenvalue weighted by Crippen LogP contribution is 2.22. The molecule has 3 rings (SSSR count). The van der Waals surface area contributed by atoms with Crippen LogP contribution in [0.2, 0.25) is 0 Å². The Hall–Kier alpha value is -3.48. The second-order valence-electron chi connectivity index (χ2n) is 6.11. The van der Waals surface area contributed by atoms with E-state index in [-0.39, 0.29) is 11.1 Å². The molecular formula is C20H18N2O5. The van der Waals surface area contributed by atoms with Crippen LogP contribution in [0.5, 0.6) is 0 Å². The van der Waals surface area contributed by atoms with E-state index in [4.69, 9.17) is 4.74 Å². The number of para-hydroxylation sites is 1. The van der Waals surface area contributed by atoms with Crippen molar-refractivity contribution in [2.24, 2.45) is 0 Å². The maximum absolute atomic E-state index is 12.4. The molecule has 27 heavy (non-hydrogen) atoms. The molecule has 0 radical (unpaired) electrons. The fraction of sp³-hybridized carbons (Fsp3) is 0.200. The lowest BCUT2D eigenvalue weighted by Crippen LogP contribution is -2.41. The van der Waals surface area contributed by atoms with Crippen molar-refractivity contribution in [1.29, 1.82) is 0 Å². The number of fused-ring (bicyclic) bond motifs is 1. The summed E-state index contributed by atoms with van der Waals surface area (Å²) in [5, 5.41) is 0. The van der Waals surface area contributed by atoms with Gasteiger partial charge in [-0.25, -0.2) is 0 Å². The van der Waals surface area contributed by atoms with Gasteiger partial charge in [0, 0.05) is 12.7 Å². The zero-order chi connectivity index (χ0) is 19.6. The summed E-state index contributed by atoms with van der Waals surface area (Å²) < 4.78 is 5.14. The van der Waals surface area contributed by atoms with Gasteiger partial charge < -0.3 is 9.64 Å². The summed E-state index contributed by atoms with van der Waals surface area (Å²) in [5.41, 5.74) is 1.16. The van der Waals surface area contributed by atoms with E-state index in [1.165, 1.54) is 24.0 Å². The first-order valence-electron chi connectivity index (χ1n) is 8.37. The molecule has 2 aromatic carbocycles. The molecule has 0 bridgehead atoms. The fourth-order valence-corrected chi connectivity index (χ4v) is 2.85. The van der Waals surface area contributed by atoms with Gasteiger partial charge in [-0.3, -0.25) is 24.1 Å². The Morgan fingerprint density at radius 1 is 0.963 bits per heavy atom. The second kappa shape index (κ2) is 7.41. The monoisotopic (exact) mass is 366 g/mol. The Kier molecular flexibility index (Phi) is 5.03. The number of rotatable bonds is 5. The first kappa shape index (κ1) is 18.3. The van der Waals surface area contributed by atoms with E-state index in [0.717, 1.165) is 4.90 Å². The molecule has 1 atom stereocenters. The lowest BCUT2D eigenvalue weighted by molar-refractivity contribution is -0.153. The average molecular weight is 366 g/mol. The largest absolute Gasteiger partial charge is 0.451 e. The first-order valence-corrected chi connectivity index (χ1v) is 8.37. The Morgan fingerprint density at radius 2 is 1.48 bits per heavy atom. The molecule has 0 aliphatic carbocycles. The molecule has 2 aromatic rings. The van der Waals surface area contributed by atoms with Gasteiger partial charge in [0.05, 0.1) is 11.1 Å². The number of carbonyl (C=O) groups excluding carboxylic acids is 4. The second-order valence-corrected chi connectivity index (χ2v) is 6.11. The third-order valence-electron chi connectivity index (χ3n) is 4.30. The minimum Gasteiger partial charge on any atom is -0.451 e. The third kappa shape index (κ3) is 3.57. The number of likely N-dealkylation sites (N-methyl/N-ethyl adjacent to an activating group) is 1. The van der Waals surface area contributed by atoms with E-state index in [1.807, 2.05) is 6.07 Å². The van der Waals surface area contributed by atoms with Gasteiger partial charge in [-0.2, -0.15) is 0 Å². The maximum atomic E-state index is 12.4. The Bertz CT molecular complexity index is 875. The summed E-state index contributed by atoms with van der Waals surface area (Å²) in [4.78, 5) is 51.4. The minimum atomic E-state index is -1.06. The van der Waals surface area contributed by atoms with Crippen LogP contribution in [0.1, 0.15) is 27.6 Å². The zero-order valence-corrected chi connectivity index (χ0v) is 14.9. The molecule has 0 spiro atoms. The summed E-state index contributed by atoms with van der Waals surface area (Å²) in [6.07, 6.45) is -1.06. The number of carbonyl (C=O) groups is 4. The van der Waals surface area contributed by atoms with Crippen LogP contribution < -0.4 is 4.90 Å². The van der Waals surface area contributed by atoms with E-state index < -0.39 is 36.3 Å². The van der Waals surface area contributed by atoms with Crippen molar-refractivity contribution in [2.45, 2.75) is 13.0 Å². The molecule has 7 heteroatoms. The average Bonchev–Trinajstić information content (AvgIpc) is 2.92. The lowest BCUT2D eigenvalue weighted by Gasteiger charge is -2.22. The molecule has 0 fully saturated rings. The van der Waals surface area contributed by atoms with Gasteiger partial charge in [0.2, 0.25) is 0 Å². The van der Waals surface area contributed by atoms with Gasteiger partial charge in [0.15, 0.2) is 6.10 Å². The van der Waals surface area contributed by atoms with Crippen LogP contribution in [0.4, 0.5) is 5.69 Å². The highest BCUT2D eigenvalue weighted by molar-refractivity contribution is 6.22. The van der Waals surface area contributed by atoms with Crippen LogP contribution in [0.15, 0.2) is 54.6 Å². The number of hydrogen-bond donors (Lipinski definition) is 0. The van der Waals surface area contributed by atoms with Crippen molar-refractivity contribution in [2.75, 3.05) is 18.5 Å². The molecule has 0 unspecified atom stereocenters. The van der Waals surface area contributed by atoms with Gasteiger partial charge in [-0.15, -0.1) is 0 Å². The van der Waals surface area contributed by atoms with Crippen LogP contribution in [0, 0.1) is 0 Å². The quantitative estimate of drug-likeness (QED) is 0.596. The van der Waals surface area contributed by atoms with Crippen molar-refractivity contribution < 1.29 is 23.9 Å². The van der Waals surface area contributed by atoms with Crippen LogP contribution >= 0.6 is 0 Å². The normalized spacial score (nSPS) is 13.9. The fourth-order valence-electron chi connectivity index (χ4n) is 2.85. The Balaban J connectivity index is 1.62. The summed E-state index contributed by atoms with van der Waals surface area (Å²) in [7, 11) is 1.58. The summed E-state index contributed by atoms with van der Waals surface area (Å²) in [6, 6.07) is 15.3. The number of benzene rings is 2. The summed E-state index contributed by atoms with van der Waals surface area (Å²) in [6.45, 7) is 0.904. The Labute approximate surface area is 156 Å². The molecule has 0 saturated carbocycles. The van der Waals surface area contributed by atoms with Gasteiger partial charge >= 0.3 is 5.97 Å². The zero-order valence-electron chi connectivity index (χ0n) is 14.9. The van der Waals surface area contributed by atoms with Gasteiger partial charge in [-0.1, -0.05) is 30.3 Å². The Morgan fingerprint density at radius 3 is 2.04 bits per heavy atom. The molecule has 0 saturated heterocycles. The van der Waals surface area contributed by atoms with E-state index >= 15 is 0 Å². The molecule has 0 aromatic heterocycles. The van der Waals surface area contributed by atoms with E-state index in [1.54, 1.807) is 43.4 Å². The molecule has 1 aliphatic rings. The number of nitrogens with zero attached hydrogens (tertiary/aromatic N) is 2. The van der Waals surface area contributed by atoms with Crippen LogP contribution in [0.25, 0.3) is 0 Å². The highest BCUT2D eigenvalue weighted by Gasteiger charge is 2.37. The van der Waals surface area contributed by atoms with Crippen LogP contribution in [0.3, 0.4) is 0 Å². The van der Waals surface area contributed by atoms with Crippen molar-refractivity contribution in [3.05, 3.63) is 65.7 Å². The van der Waals surface area contributed by atoms with Gasteiger partial charge in [0.1, 0.15) is 6.54 Å². The molecular weight excluding hydrogens is 348 g/mol. The number of hydrogen-bond acceptors (Lipinski definition) is 5. The number of amides is 3. The van der Waals surface area contributed by atoms with Crippen molar-refractivity contribution in [1.82, 2.24) is 4.90 Å². The van der Waals surface area contributed by atoms with E-state index in [0.29, 0.717) is 5.69 Å². The highest BCUT2D eigenvalue weighted by atomic mass is 16.5. The van der Waals surface area contributed by atoms with Gasteiger partial charge in [0.25, 0.3) is 17.7 Å². The smallest absolute Gasteiger partial charge is 0.326 e. The number of imide groups is 1. The third-order valence-corrected chi connectivity index (χ3v) is 4.30. The summed E-state index contributed by atoms with van der Waals surface area (Å²) in [5.74, 6) is -2.34. The van der Waals surface area contributed by atoms with Gasteiger partial charge in [-0.05, 0) is 31.2 Å². The molecule has 1 heterocycles. The minimum absolute atomic E-state index is 0.253. The molecule has 0 N–H and O–H groups in total.